The molecule has 1 aliphatic rings. The molecule has 1 saturated heterocycles. The van der Waals surface area contributed by atoms with Crippen molar-refractivity contribution >= 4 is 35.6 Å². The van der Waals surface area contributed by atoms with Crippen LogP contribution in [0.15, 0.2) is 29.3 Å². The van der Waals surface area contributed by atoms with Crippen molar-refractivity contribution in [2.45, 2.75) is 31.7 Å². The van der Waals surface area contributed by atoms with Gasteiger partial charge in [-0.25, -0.2) is 0 Å². The van der Waals surface area contributed by atoms with Crippen molar-refractivity contribution in [2.75, 3.05) is 51.7 Å². The fraction of sp³-hybridized carbons (Fsp3) is 0.632. The van der Waals surface area contributed by atoms with E-state index in [0.29, 0.717) is 19.0 Å². The van der Waals surface area contributed by atoms with Crippen LogP contribution in [-0.2, 0) is 0 Å². The number of piperidine rings is 1. The lowest BCUT2D eigenvalue weighted by Gasteiger charge is -2.35. The Balaban J connectivity index is 0.00000480. The number of nitrogens with zero attached hydrogens (tertiary/aromatic N) is 3. The number of guanidine groups is 1. The molecular formula is C19H29F5IN5O. The predicted molar refractivity (Wildman–Crippen MR) is 122 cm³/mol. The number of rotatable bonds is 8. The van der Waals surface area contributed by atoms with Gasteiger partial charge in [0.1, 0.15) is 5.75 Å². The molecule has 2 rings (SSSR count). The highest BCUT2D eigenvalue weighted by atomic mass is 127. The molecule has 6 nitrogen and oxygen atoms in total. The second kappa shape index (κ2) is 13.1. The molecule has 178 valence electrons. The Morgan fingerprint density at radius 2 is 1.97 bits per heavy atom. The second-order valence-electron chi connectivity index (χ2n) is 7.15. The van der Waals surface area contributed by atoms with Gasteiger partial charge in [0, 0.05) is 45.0 Å². The van der Waals surface area contributed by atoms with Crippen molar-refractivity contribution < 1.29 is 26.7 Å². The number of nitrogens with one attached hydrogen (secondary N) is 2. The van der Waals surface area contributed by atoms with Gasteiger partial charge in [0.15, 0.2) is 5.96 Å². The molecular weight excluding hydrogens is 536 g/mol. The zero-order chi connectivity index (χ0) is 22.1. The number of halogens is 6. The lowest BCUT2D eigenvalue weighted by Crippen LogP contribution is -2.52. The van der Waals surface area contributed by atoms with Gasteiger partial charge in [0.05, 0.1) is 6.54 Å². The van der Waals surface area contributed by atoms with Gasteiger partial charge in [0.25, 0.3) is 0 Å². The lowest BCUT2D eigenvalue weighted by molar-refractivity contribution is -0.142. The average Bonchev–Trinajstić information content (AvgIpc) is 2.66. The smallest absolute Gasteiger partial charge is 0.401 e. The van der Waals surface area contributed by atoms with E-state index in [1.165, 1.54) is 24.1 Å². The largest absolute Gasteiger partial charge is 0.435 e. The van der Waals surface area contributed by atoms with E-state index in [1.807, 2.05) is 0 Å². The van der Waals surface area contributed by atoms with E-state index < -0.39 is 19.3 Å². The number of aliphatic imine (C=N–C) groups is 1. The number of alkyl halides is 5. The minimum atomic E-state index is -4.22. The molecule has 0 radical (unpaired) electrons. The Bertz CT molecular complexity index is 675. The van der Waals surface area contributed by atoms with Crippen molar-refractivity contribution in [2.24, 2.45) is 4.99 Å². The van der Waals surface area contributed by atoms with Crippen molar-refractivity contribution in [3.8, 4) is 5.75 Å². The van der Waals surface area contributed by atoms with Gasteiger partial charge in [0.2, 0.25) is 0 Å². The fourth-order valence-electron chi connectivity index (χ4n) is 3.31. The predicted octanol–water partition coefficient (Wildman–Crippen LogP) is 3.53. The number of hydrogen-bond acceptors (Lipinski definition) is 4. The maximum absolute atomic E-state index is 12.4. The SMILES string of the molecule is CN=C(NCCN(C)CC(F)(F)F)NC1CCCN(c2ccc(OC(F)F)cc2)C1.I. The van der Waals surface area contributed by atoms with Gasteiger partial charge >= 0.3 is 12.8 Å². The molecule has 0 aliphatic carbocycles. The molecule has 1 heterocycles. The molecule has 0 bridgehead atoms. The summed E-state index contributed by atoms with van der Waals surface area (Å²) in [5.41, 5.74) is 0.903. The van der Waals surface area contributed by atoms with Crippen LogP contribution >= 0.6 is 24.0 Å². The first kappa shape index (κ1) is 27.5. The molecule has 1 aromatic carbocycles. The maximum Gasteiger partial charge on any atom is 0.401 e. The van der Waals surface area contributed by atoms with Crippen molar-refractivity contribution in [1.29, 1.82) is 0 Å². The highest BCUT2D eigenvalue weighted by Gasteiger charge is 2.29. The summed E-state index contributed by atoms with van der Waals surface area (Å²) in [7, 11) is 3.03. The van der Waals surface area contributed by atoms with Crippen LogP contribution in [-0.4, -0.2) is 76.5 Å². The fourth-order valence-corrected chi connectivity index (χ4v) is 3.31. The van der Waals surface area contributed by atoms with Crippen LogP contribution in [0.4, 0.5) is 27.6 Å². The molecule has 12 heteroatoms. The van der Waals surface area contributed by atoms with E-state index in [2.05, 4.69) is 25.3 Å². The van der Waals surface area contributed by atoms with Gasteiger partial charge in [-0.05, 0) is 44.2 Å². The molecule has 1 fully saturated rings. The molecule has 2 N–H and O–H groups in total. The molecule has 0 aromatic heterocycles. The topological polar surface area (TPSA) is 52.1 Å². The molecule has 0 saturated carbocycles. The molecule has 0 amide bonds. The van der Waals surface area contributed by atoms with E-state index >= 15 is 0 Å². The van der Waals surface area contributed by atoms with Crippen LogP contribution in [0.5, 0.6) is 5.75 Å². The first-order valence-electron chi connectivity index (χ1n) is 9.68. The first-order valence-corrected chi connectivity index (χ1v) is 9.68. The van der Waals surface area contributed by atoms with E-state index in [9.17, 15) is 22.0 Å². The van der Waals surface area contributed by atoms with Crippen LogP contribution in [0.2, 0.25) is 0 Å². The first-order chi connectivity index (χ1) is 14.2. The lowest BCUT2D eigenvalue weighted by atomic mass is 10.0. The van der Waals surface area contributed by atoms with Crippen LogP contribution in [0.3, 0.4) is 0 Å². The van der Waals surface area contributed by atoms with Crippen molar-refractivity contribution in [3.05, 3.63) is 24.3 Å². The molecule has 1 aromatic rings. The molecule has 1 atom stereocenters. The third-order valence-electron chi connectivity index (χ3n) is 4.65. The van der Waals surface area contributed by atoms with Crippen molar-refractivity contribution in [1.82, 2.24) is 15.5 Å². The average molecular weight is 565 g/mol. The minimum Gasteiger partial charge on any atom is -0.435 e. The van der Waals surface area contributed by atoms with E-state index in [-0.39, 0.29) is 42.3 Å². The molecule has 1 aliphatic heterocycles. The zero-order valence-electron chi connectivity index (χ0n) is 17.5. The summed E-state index contributed by atoms with van der Waals surface area (Å²) < 4.78 is 66.1. The van der Waals surface area contributed by atoms with Crippen LogP contribution in [0, 0.1) is 0 Å². The summed E-state index contributed by atoms with van der Waals surface area (Å²) in [4.78, 5) is 7.47. The quantitative estimate of drug-likeness (QED) is 0.219. The van der Waals surface area contributed by atoms with Crippen LogP contribution in [0.1, 0.15) is 12.8 Å². The Hall–Kier alpha value is -1.57. The van der Waals surface area contributed by atoms with Gasteiger partial charge in [-0.2, -0.15) is 22.0 Å². The van der Waals surface area contributed by atoms with Gasteiger partial charge < -0.3 is 20.3 Å². The third-order valence-corrected chi connectivity index (χ3v) is 4.65. The molecule has 1 unspecified atom stereocenters. The van der Waals surface area contributed by atoms with Crippen LogP contribution in [0.25, 0.3) is 0 Å². The second-order valence-corrected chi connectivity index (χ2v) is 7.15. The summed E-state index contributed by atoms with van der Waals surface area (Å²) in [6.07, 6.45) is -2.37. The summed E-state index contributed by atoms with van der Waals surface area (Å²) in [5, 5.41) is 6.33. The van der Waals surface area contributed by atoms with Gasteiger partial charge in [-0.3, -0.25) is 9.89 Å². The normalized spacial score (nSPS) is 17.5. The number of anilines is 1. The van der Waals surface area contributed by atoms with Crippen molar-refractivity contribution in [3.63, 3.8) is 0 Å². The third kappa shape index (κ3) is 10.5. The molecule has 0 spiro atoms. The van der Waals surface area contributed by atoms with E-state index in [4.69, 9.17) is 0 Å². The number of ether oxygens (including phenoxy) is 1. The monoisotopic (exact) mass is 565 g/mol. The minimum absolute atomic E-state index is 0. The van der Waals surface area contributed by atoms with E-state index in [1.54, 1.807) is 19.2 Å². The van der Waals surface area contributed by atoms with Crippen LogP contribution < -0.4 is 20.3 Å². The van der Waals surface area contributed by atoms with Gasteiger partial charge in [-0.1, -0.05) is 0 Å². The zero-order valence-corrected chi connectivity index (χ0v) is 19.8. The standard InChI is InChI=1S/C19H28F5N5O.HI/c1-25-18(26-9-11-28(2)13-19(22,23)24)27-14-4-3-10-29(12-14)15-5-7-16(8-6-15)30-17(20)21;/h5-8,14,17H,3-4,9-13H2,1-2H3,(H2,25,26,27);1H. The Labute approximate surface area is 196 Å². The maximum atomic E-state index is 12.4. The summed E-state index contributed by atoms with van der Waals surface area (Å²) in [6, 6.07) is 6.59. The Morgan fingerprint density at radius 1 is 1.29 bits per heavy atom. The molecule has 31 heavy (non-hydrogen) atoms. The Kier molecular flexibility index (Phi) is 11.6. The van der Waals surface area contributed by atoms with Gasteiger partial charge in [-0.15, -0.1) is 24.0 Å². The summed E-state index contributed by atoms with van der Waals surface area (Å²) in [5.74, 6) is 0.642. The van der Waals surface area contributed by atoms with E-state index in [0.717, 1.165) is 25.1 Å². The number of benzene rings is 1. The summed E-state index contributed by atoms with van der Waals surface area (Å²) >= 11 is 0. The number of likely N-dealkylation sites (N-methyl/N-ethyl adjacent to an activating group) is 1. The summed E-state index contributed by atoms with van der Waals surface area (Å²) in [6.45, 7) is -1.74. The number of hydrogen-bond donors (Lipinski definition) is 2. The Morgan fingerprint density at radius 3 is 2.55 bits per heavy atom. The highest BCUT2D eigenvalue weighted by Crippen LogP contribution is 2.24. The highest BCUT2D eigenvalue weighted by molar-refractivity contribution is 14.0.